The van der Waals surface area contributed by atoms with Gasteiger partial charge in [-0.1, -0.05) is 102 Å². The van der Waals surface area contributed by atoms with Gasteiger partial charge in [0, 0.05) is 24.8 Å². The summed E-state index contributed by atoms with van der Waals surface area (Å²) in [5, 5.41) is 11.1. The van der Waals surface area contributed by atoms with Crippen molar-refractivity contribution >= 4 is 56.9 Å². The Morgan fingerprint density at radius 1 is 1.13 bits per heavy atom. The van der Waals surface area contributed by atoms with Gasteiger partial charge in [0.05, 0.1) is 47.3 Å². The molecule has 52 heavy (non-hydrogen) atoms. The number of aliphatic hydroxyl groups excluding tert-OH is 1. The van der Waals surface area contributed by atoms with Gasteiger partial charge in [-0.25, -0.2) is 0 Å². The molecule has 1 unspecified atom stereocenters. The van der Waals surface area contributed by atoms with E-state index in [1.807, 2.05) is 51.1 Å². The number of carbonyl (C=O) groups excluding carboxylic acids is 4. The number of ether oxygens (including phenoxy) is 2. The van der Waals surface area contributed by atoms with E-state index in [0.717, 1.165) is 0 Å². The fourth-order valence-corrected chi connectivity index (χ4v) is 9.35. The Hall–Kier alpha value is -3.51. The molecule has 3 aliphatic heterocycles. The molecule has 0 saturated carbocycles. The SMILES string of the molecule is C=CCCC(=O)N(C)[C@@H](C)[C@@H](OC(=O)[C@H]1[C@@H]2O[C@@]3(CC2Br)[C@@H]1C(=O)N([C@@H](CO)[C@@H](C)CC)[C@@H]3C(=O)N(CC=C)c1ccccc1Cl)c1ccccc1. The van der Waals surface area contributed by atoms with Crippen LogP contribution in [0.4, 0.5) is 5.69 Å². The molecule has 3 saturated heterocycles. The standard InChI is InChI=1S/C40H49BrClN3O7/c1-7-10-20-31(47)43(6)25(5)34(26-16-12-11-13-17-26)51-39(50)32-33-37(48)45(30(23-46)24(4)9-3)36(40(33)22-27(41)35(32)52-40)38(49)44(21-8-2)29-19-15-14-18-28(29)42/h7-8,11-19,24-25,27,30,32-36,46H,1-2,9-10,20-23H2,3-6H3/t24-,25-,27?,30-,32+,33-,34+,35+,36+,40-/m0/s1. The Bertz CT molecular complexity index is 1660. The number of allylic oxidation sites excluding steroid dienone is 1. The summed E-state index contributed by atoms with van der Waals surface area (Å²) in [5.41, 5.74) is -0.287. The van der Waals surface area contributed by atoms with Gasteiger partial charge in [-0.15, -0.1) is 13.2 Å². The first-order chi connectivity index (χ1) is 24.9. The van der Waals surface area contributed by atoms with Crippen molar-refractivity contribution < 1.29 is 33.8 Å². The molecule has 12 heteroatoms. The van der Waals surface area contributed by atoms with Crippen LogP contribution in [-0.2, 0) is 28.7 Å². The number of amides is 3. The highest BCUT2D eigenvalue weighted by atomic mass is 79.9. The Balaban J connectivity index is 1.58. The maximum atomic E-state index is 15.0. The molecule has 10 nitrogen and oxygen atoms in total. The highest BCUT2D eigenvalue weighted by Crippen LogP contribution is 2.61. The molecule has 10 atom stereocenters. The van der Waals surface area contributed by atoms with Gasteiger partial charge in [0.1, 0.15) is 17.7 Å². The second-order valence-electron chi connectivity index (χ2n) is 14.1. The Labute approximate surface area is 319 Å². The lowest BCUT2D eigenvalue weighted by Crippen LogP contribution is -2.60. The molecule has 0 radical (unpaired) electrons. The van der Waals surface area contributed by atoms with E-state index >= 15 is 4.79 Å². The lowest BCUT2D eigenvalue weighted by molar-refractivity contribution is -0.165. The number of likely N-dealkylation sites (N-methyl/N-ethyl adjacent to an activating group) is 1. The number of hydrogen-bond donors (Lipinski definition) is 1. The highest BCUT2D eigenvalue weighted by Gasteiger charge is 2.78. The average molecular weight is 799 g/mol. The number of benzene rings is 2. The molecule has 5 rings (SSSR count). The van der Waals surface area contributed by atoms with E-state index in [9.17, 15) is 19.5 Å². The maximum Gasteiger partial charge on any atom is 0.313 e. The maximum absolute atomic E-state index is 15.0. The van der Waals surface area contributed by atoms with Gasteiger partial charge in [0.15, 0.2) is 0 Å². The van der Waals surface area contributed by atoms with Gasteiger partial charge in [0.2, 0.25) is 11.8 Å². The minimum Gasteiger partial charge on any atom is -0.455 e. The summed E-state index contributed by atoms with van der Waals surface area (Å²) in [6.45, 7) is 13.0. The summed E-state index contributed by atoms with van der Waals surface area (Å²) < 4.78 is 13.1. The van der Waals surface area contributed by atoms with Gasteiger partial charge in [0.25, 0.3) is 5.91 Å². The summed E-state index contributed by atoms with van der Waals surface area (Å²) in [6, 6.07) is 13.6. The second kappa shape index (κ2) is 16.7. The molecule has 3 amide bonds. The minimum absolute atomic E-state index is 0.0945. The van der Waals surface area contributed by atoms with E-state index in [1.165, 1.54) is 9.80 Å². The van der Waals surface area contributed by atoms with Crippen LogP contribution in [0.3, 0.4) is 0 Å². The minimum atomic E-state index is -1.41. The molecule has 1 spiro atoms. The van der Waals surface area contributed by atoms with E-state index in [1.54, 1.807) is 48.4 Å². The third-order valence-corrected chi connectivity index (χ3v) is 12.3. The third kappa shape index (κ3) is 7.09. The van der Waals surface area contributed by atoms with Gasteiger partial charge in [-0.05, 0) is 43.4 Å². The number of alkyl halides is 1. The van der Waals surface area contributed by atoms with Gasteiger partial charge >= 0.3 is 5.97 Å². The lowest BCUT2D eigenvalue weighted by atomic mass is 9.70. The molecule has 0 aromatic heterocycles. The number of carbonyl (C=O) groups is 4. The zero-order valence-corrected chi connectivity index (χ0v) is 32.5. The monoisotopic (exact) mass is 797 g/mol. The first-order valence-electron chi connectivity index (χ1n) is 17.9. The highest BCUT2D eigenvalue weighted by molar-refractivity contribution is 9.09. The molecule has 2 aromatic carbocycles. The number of esters is 1. The predicted molar refractivity (Wildman–Crippen MR) is 204 cm³/mol. The molecule has 2 bridgehead atoms. The van der Waals surface area contributed by atoms with Crippen molar-refractivity contribution in [1.29, 1.82) is 0 Å². The van der Waals surface area contributed by atoms with Crippen LogP contribution in [0.2, 0.25) is 5.02 Å². The fraction of sp³-hybridized carbons (Fsp3) is 0.500. The topological polar surface area (TPSA) is 117 Å². The summed E-state index contributed by atoms with van der Waals surface area (Å²) in [6.07, 6.45) is 3.28. The van der Waals surface area contributed by atoms with Crippen molar-refractivity contribution in [3.05, 3.63) is 90.5 Å². The normalized spacial score (nSPS) is 26.9. The van der Waals surface area contributed by atoms with E-state index < -0.39 is 72.2 Å². The Morgan fingerprint density at radius 3 is 2.42 bits per heavy atom. The molecule has 280 valence electrons. The smallest absolute Gasteiger partial charge is 0.313 e. The van der Waals surface area contributed by atoms with Gasteiger partial charge < -0.3 is 29.3 Å². The number of aliphatic hydroxyl groups is 1. The zero-order valence-electron chi connectivity index (χ0n) is 30.2. The van der Waals surface area contributed by atoms with E-state index in [0.29, 0.717) is 29.1 Å². The van der Waals surface area contributed by atoms with Crippen LogP contribution in [0.25, 0.3) is 0 Å². The van der Waals surface area contributed by atoms with E-state index in [2.05, 4.69) is 29.1 Å². The first kappa shape index (κ1) is 39.7. The molecule has 2 aromatic rings. The molecule has 3 fully saturated rings. The van der Waals surface area contributed by atoms with Crippen LogP contribution in [0, 0.1) is 17.8 Å². The van der Waals surface area contributed by atoms with Crippen molar-refractivity contribution in [3.8, 4) is 0 Å². The first-order valence-corrected chi connectivity index (χ1v) is 19.2. The van der Waals surface area contributed by atoms with Crippen molar-refractivity contribution in [2.45, 2.75) is 87.2 Å². The van der Waals surface area contributed by atoms with Crippen LogP contribution in [-0.4, -0.2) is 93.5 Å². The zero-order chi connectivity index (χ0) is 37.9. The molecular weight excluding hydrogens is 750 g/mol. The predicted octanol–water partition coefficient (Wildman–Crippen LogP) is 6.11. The largest absolute Gasteiger partial charge is 0.455 e. The van der Waals surface area contributed by atoms with Crippen LogP contribution in [0.15, 0.2) is 79.9 Å². The number of fused-ring (bicyclic) bond motifs is 1. The number of halogens is 2. The molecular formula is C40H49BrClN3O7. The number of anilines is 1. The molecule has 1 N–H and O–H groups in total. The van der Waals surface area contributed by atoms with Crippen molar-refractivity contribution in [1.82, 2.24) is 9.80 Å². The molecule has 0 aliphatic carbocycles. The van der Waals surface area contributed by atoms with Crippen LogP contribution >= 0.6 is 27.5 Å². The third-order valence-electron chi connectivity index (χ3n) is 11.2. The number of rotatable bonds is 16. The van der Waals surface area contributed by atoms with Crippen LogP contribution in [0.5, 0.6) is 0 Å². The number of nitrogens with zero attached hydrogens (tertiary/aromatic N) is 3. The van der Waals surface area contributed by atoms with Crippen LogP contribution < -0.4 is 4.90 Å². The van der Waals surface area contributed by atoms with E-state index in [-0.39, 0.29) is 36.0 Å². The van der Waals surface area contributed by atoms with Crippen molar-refractivity contribution in [2.75, 3.05) is 25.1 Å². The number of likely N-dealkylation sites (tertiary alicyclic amines) is 1. The van der Waals surface area contributed by atoms with Gasteiger partial charge in [-0.3, -0.25) is 19.2 Å². The summed E-state index contributed by atoms with van der Waals surface area (Å²) in [4.78, 5) is 61.8. The summed E-state index contributed by atoms with van der Waals surface area (Å²) in [5.74, 6) is -4.01. The average Bonchev–Trinajstić information content (AvgIpc) is 3.75. The summed E-state index contributed by atoms with van der Waals surface area (Å²) >= 11 is 10.4. The van der Waals surface area contributed by atoms with Crippen LogP contribution in [0.1, 0.15) is 58.1 Å². The molecule has 3 aliphatic rings. The van der Waals surface area contributed by atoms with Crippen molar-refractivity contribution in [3.63, 3.8) is 0 Å². The van der Waals surface area contributed by atoms with Crippen molar-refractivity contribution in [2.24, 2.45) is 17.8 Å². The summed E-state index contributed by atoms with van der Waals surface area (Å²) in [7, 11) is 1.68. The van der Waals surface area contributed by atoms with Gasteiger partial charge in [-0.2, -0.15) is 0 Å². The van der Waals surface area contributed by atoms with E-state index in [4.69, 9.17) is 21.1 Å². The Kier molecular flexibility index (Phi) is 12.7. The number of hydrogen-bond acceptors (Lipinski definition) is 7. The number of para-hydroxylation sites is 1. The fourth-order valence-electron chi connectivity index (χ4n) is 8.17. The lowest BCUT2D eigenvalue weighted by Gasteiger charge is -2.41. The quantitative estimate of drug-likeness (QED) is 0.124. The Morgan fingerprint density at radius 2 is 1.81 bits per heavy atom. The molecule has 3 heterocycles. The second-order valence-corrected chi connectivity index (χ2v) is 15.7.